The summed E-state index contributed by atoms with van der Waals surface area (Å²) in [6.07, 6.45) is 0. The number of methoxy groups -OCH3 is 1. The van der Waals surface area contributed by atoms with Crippen molar-refractivity contribution >= 4 is 23.4 Å². The summed E-state index contributed by atoms with van der Waals surface area (Å²) in [5.41, 5.74) is 0.673. The fourth-order valence-corrected chi connectivity index (χ4v) is 3.10. The number of benzene rings is 2. The molecule has 7 nitrogen and oxygen atoms in total. The standard InChI is InChI=1S/C20H17NO6/c1-27-14-9-5-8-13(10-14)17-16(18(24)12-6-3-2-4-7-12)19(25)20(26)21(17)11-15(22)23/h2-10,17,24H,11H2,1H3,(H,22,23)/b18-16+. The predicted octanol–water partition coefficient (Wildman–Crippen LogP) is 2.20. The lowest BCUT2D eigenvalue weighted by atomic mass is 9.95. The van der Waals surface area contributed by atoms with Crippen molar-refractivity contribution in [1.29, 1.82) is 0 Å². The number of hydrogen-bond acceptors (Lipinski definition) is 5. The van der Waals surface area contributed by atoms with Gasteiger partial charge in [0.15, 0.2) is 0 Å². The third-order valence-corrected chi connectivity index (χ3v) is 4.30. The van der Waals surface area contributed by atoms with Crippen LogP contribution in [0.15, 0.2) is 60.2 Å². The summed E-state index contributed by atoms with van der Waals surface area (Å²) in [6, 6.07) is 13.9. The monoisotopic (exact) mass is 367 g/mol. The summed E-state index contributed by atoms with van der Waals surface area (Å²) in [4.78, 5) is 37.3. The molecule has 0 radical (unpaired) electrons. The number of Topliss-reactive ketones (excluding diaryl/α,β-unsaturated/α-hetero) is 1. The highest BCUT2D eigenvalue weighted by atomic mass is 16.5. The van der Waals surface area contributed by atoms with Crippen LogP contribution in [0.4, 0.5) is 0 Å². The maximum atomic E-state index is 12.6. The Hall–Kier alpha value is -3.61. The van der Waals surface area contributed by atoms with Crippen LogP contribution in [0.25, 0.3) is 5.76 Å². The van der Waals surface area contributed by atoms with E-state index in [2.05, 4.69) is 0 Å². The molecule has 3 rings (SSSR count). The Morgan fingerprint density at radius 2 is 1.78 bits per heavy atom. The molecular formula is C20H17NO6. The Kier molecular flexibility index (Phi) is 4.94. The highest BCUT2D eigenvalue weighted by Gasteiger charge is 2.46. The number of carbonyl (C=O) groups is 3. The first-order valence-electron chi connectivity index (χ1n) is 8.13. The van der Waals surface area contributed by atoms with Crippen LogP contribution in [0.1, 0.15) is 17.2 Å². The number of aliphatic hydroxyl groups is 1. The summed E-state index contributed by atoms with van der Waals surface area (Å²) in [5.74, 6) is -3.03. The number of nitrogens with zero attached hydrogens (tertiary/aromatic N) is 1. The van der Waals surface area contributed by atoms with Gasteiger partial charge in [0.05, 0.1) is 18.7 Å². The van der Waals surface area contributed by atoms with E-state index in [0.29, 0.717) is 16.9 Å². The highest BCUT2D eigenvalue weighted by Crippen LogP contribution is 2.39. The first-order chi connectivity index (χ1) is 12.9. The van der Waals surface area contributed by atoms with Crippen LogP contribution in [0, 0.1) is 0 Å². The van der Waals surface area contributed by atoms with Gasteiger partial charge in [-0.25, -0.2) is 0 Å². The van der Waals surface area contributed by atoms with Crippen LogP contribution < -0.4 is 4.74 Å². The van der Waals surface area contributed by atoms with E-state index in [1.165, 1.54) is 7.11 Å². The first-order valence-corrected chi connectivity index (χ1v) is 8.13. The number of carboxylic acids is 1. The average molecular weight is 367 g/mol. The van der Waals surface area contributed by atoms with Gasteiger partial charge in [0, 0.05) is 5.56 Å². The number of carbonyl (C=O) groups excluding carboxylic acids is 2. The molecule has 1 amide bonds. The molecule has 1 atom stereocenters. The molecule has 1 fully saturated rings. The minimum Gasteiger partial charge on any atom is -0.507 e. The molecule has 27 heavy (non-hydrogen) atoms. The second-order valence-corrected chi connectivity index (χ2v) is 5.96. The lowest BCUT2D eigenvalue weighted by Crippen LogP contribution is -2.34. The van der Waals surface area contributed by atoms with Crippen LogP contribution in [0.2, 0.25) is 0 Å². The zero-order chi connectivity index (χ0) is 19.6. The van der Waals surface area contributed by atoms with Gasteiger partial charge in [0.25, 0.3) is 11.7 Å². The van der Waals surface area contributed by atoms with Gasteiger partial charge < -0.3 is 19.8 Å². The second kappa shape index (κ2) is 7.33. The van der Waals surface area contributed by atoms with E-state index in [9.17, 15) is 24.6 Å². The molecule has 0 spiro atoms. The number of carboxylic acid groups (broad SMARTS) is 1. The van der Waals surface area contributed by atoms with E-state index in [1.54, 1.807) is 54.6 Å². The lowest BCUT2D eigenvalue weighted by molar-refractivity contribution is -0.146. The van der Waals surface area contributed by atoms with Crippen molar-refractivity contribution in [1.82, 2.24) is 4.90 Å². The Balaban J connectivity index is 2.21. The number of likely N-dealkylation sites (tertiary alicyclic amines) is 1. The number of aliphatic hydroxyl groups excluding tert-OH is 1. The molecule has 0 aliphatic carbocycles. The summed E-state index contributed by atoms with van der Waals surface area (Å²) in [6.45, 7) is -0.669. The molecular weight excluding hydrogens is 350 g/mol. The molecule has 1 saturated heterocycles. The molecule has 7 heteroatoms. The average Bonchev–Trinajstić information content (AvgIpc) is 2.92. The van der Waals surface area contributed by atoms with Crippen LogP contribution >= 0.6 is 0 Å². The van der Waals surface area contributed by atoms with E-state index in [-0.39, 0.29) is 11.3 Å². The van der Waals surface area contributed by atoms with E-state index < -0.39 is 30.2 Å². The van der Waals surface area contributed by atoms with Gasteiger partial charge in [-0.3, -0.25) is 14.4 Å². The number of rotatable bonds is 5. The van der Waals surface area contributed by atoms with Gasteiger partial charge in [-0.1, -0.05) is 42.5 Å². The molecule has 2 aromatic carbocycles. The van der Waals surface area contributed by atoms with Gasteiger partial charge in [-0.15, -0.1) is 0 Å². The molecule has 1 heterocycles. The summed E-state index contributed by atoms with van der Waals surface area (Å²) < 4.78 is 5.18. The third-order valence-electron chi connectivity index (χ3n) is 4.30. The normalized spacial score (nSPS) is 18.6. The SMILES string of the molecule is COc1cccc(C2/C(=C(\O)c3ccccc3)C(=O)C(=O)N2CC(=O)O)c1. The van der Waals surface area contributed by atoms with Crippen molar-refractivity contribution in [3.8, 4) is 5.75 Å². The van der Waals surface area contributed by atoms with Crippen molar-refractivity contribution in [3.63, 3.8) is 0 Å². The topological polar surface area (TPSA) is 104 Å². The molecule has 1 aliphatic heterocycles. The lowest BCUT2D eigenvalue weighted by Gasteiger charge is -2.24. The van der Waals surface area contributed by atoms with Crippen molar-refractivity contribution < 1.29 is 29.3 Å². The number of aliphatic carboxylic acids is 1. The fourth-order valence-electron chi connectivity index (χ4n) is 3.10. The van der Waals surface area contributed by atoms with Crippen LogP contribution in [0.3, 0.4) is 0 Å². The van der Waals surface area contributed by atoms with Gasteiger partial charge in [-0.2, -0.15) is 0 Å². The van der Waals surface area contributed by atoms with Crippen LogP contribution in [-0.4, -0.2) is 46.4 Å². The number of amides is 1. The Bertz CT molecular complexity index is 934. The maximum Gasteiger partial charge on any atom is 0.323 e. The summed E-state index contributed by atoms with van der Waals surface area (Å²) >= 11 is 0. The van der Waals surface area contributed by atoms with Gasteiger partial charge in [0.2, 0.25) is 0 Å². The largest absolute Gasteiger partial charge is 0.507 e. The fraction of sp³-hybridized carbons (Fsp3) is 0.150. The second-order valence-electron chi connectivity index (χ2n) is 5.96. The van der Waals surface area contributed by atoms with Crippen molar-refractivity contribution in [2.75, 3.05) is 13.7 Å². The van der Waals surface area contributed by atoms with Gasteiger partial charge in [0.1, 0.15) is 18.1 Å². The van der Waals surface area contributed by atoms with Crippen LogP contribution in [-0.2, 0) is 14.4 Å². The van der Waals surface area contributed by atoms with E-state index in [1.807, 2.05) is 0 Å². The minimum absolute atomic E-state index is 0.152. The van der Waals surface area contributed by atoms with Crippen molar-refractivity contribution in [3.05, 3.63) is 71.3 Å². The number of ketones is 1. The molecule has 1 unspecified atom stereocenters. The van der Waals surface area contributed by atoms with Crippen LogP contribution in [0.5, 0.6) is 5.75 Å². The van der Waals surface area contributed by atoms with Gasteiger partial charge >= 0.3 is 5.97 Å². The number of hydrogen-bond donors (Lipinski definition) is 2. The Labute approximate surface area is 155 Å². The van der Waals surface area contributed by atoms with Gasteiger partial charge in [-0.05, 0) is 17.7 Å². The third kappa shape index (κ3) is 3.39. The van der Waals surface area contributed by atoms with Crippen molar-refractivity contribution in [2.24, 2.45) is 0 Å². The summed E-state index contributed by atoms with van der Waals surface area (Å²) in [5, 5.41) is 19.9. The molecule has 1 aliphatic rings. The molecule has 0 saturated carbocycles. The van der Waals surface area contributed by atoms with Crippen molar-refractivity contribution in [2.45, 2.75) is 6.04 Å². The van der Waals surface area contributed by atoms with E-state index in [0.717, 1.165) is 4.90 Å². The predicted molar refractivity (Wildman–Crippen MR) is 96.1 cm³/mol. The maximum absolute atomic E-state index is 12.6. The Morgan fingerprint density at radius 3 is 2.41 bits per heavy atom. The molecule has 2 N–H and O–H groups in total. The molecule has 0 bridgehead atoms. The molecule has 138 valence electrons. The zero-order valence-corrected chi connectivity index (χ0v) is 14.5. The minimum atomic E-state index is -1.26. The molecule has 2 aromatic rings. The zero-order valence-electron chi connectivity index (χ0n) is 14.5. The molecule has 0 aromatic heterocycles. The summed E-state index contributed by atoms with van der Waals surface area (Å²) in [7, 11) is 1.47. The number of ether oxygens (including phenoxy) is 1. The smallest absolute Gasteiger partial charge is 0.323 e. The van der Waals surface area contributed by atoms with E-state index >= 15 is 0 Å². The quantitative estimate of drug-likeness (QED) is 0.477. The highest BCUT2D eigenvalue weighted by molar-refractivity contribution is 6.46. The van der Waals surface area contributed by atoms with E-state index in [4.69, 9.17) is 4.74 Å². The first kappa shape index (κ1) is 18.2. The Morgan fingerprint density at radius 1 is 1.07 bits per heavy atom.